The Morgan fingerprint density at radius 2 is 1.49 bits per heavy atom. The molecule has 5 aromatic rings. The van der Waals surface area contributed by atoms with E-state index in [0.717, 1.165) is 76.2 Å². The Bertz CT molecular complexity index is 2110. The Labute approximate surface area is 275 Å². The van der Waals surface area contributed by atoms with Crippen molar-refractivity contribution in [1.82, 2.24) is 0 Å². The molecular weight excluding hydrogens is 584 g/mol. The monoisotopic (exact) mass is 620 g/mol. The summed E-state index contributed by atoms with van der Waals surface area (Å²) in [5, 5.41) is 1.97. The zero-order chi connectivity index (χ0) is 32.3. The summed E-state index contributed by atoms with van der Waals surface area (Å²) in [4.78, 5) is 6.13. The highest BCUT2D eigenvalue weighted by atomic mass is 16.5. The molecule has 3 aliphatic rings. The molecule has 1 atom stereocenters. The molecular formula is C41H36N2O4. The molecule has 5 aromatic carbocycles. The van der Waals surface area contributed by atoms with Crippen molar-refractivity contribution in [3.63, 3.8) is 0 Å². The van der Waals surface area contributed by atoms with Crippen molar-refractivity contribution < 1.29 is 18.9 Å². The number of hydrogen-bond donors (Lipinski definition) is 0. The lowest BCUT2D eigenvalue weighted by molar-refractivity contribution is 0.122. The predicted molar refractivity (Wildman–Crippen MR) is 187 cm³/mol. The van der Waals surface area contributed by atoms with Crippen LogP contribution in [-0.2, 0) is 15.8 Å². The summed E-state index contributed by atoms with van der Waals surface area (Å²) in [6.45, 7) is 15.4. The maximum absolute atomic E-state index is 7.71. The molecule has 1 saturated heterocycles. The maximum Gasteiger partial charge on any atom is 0.187 e. The highest BCUT2D eigenvalue weighted by Gasteiger charge is 2.44. The maximum atomic E-state index is 7.71. The molecule has 8 rings (SSSR count). The van der Waals surface area contributed by atoms with Crippen LogP contribution >= 0.6 is 0 Å². The van der Waals surface area contributed by atoms with Crippen molar-refractivity contribution in [3.8, 4) is 28.4 Å². The van der Waals surface area contributed by atoms with E-state index in [1.54, 1.807) is 14.2 Å². The molecule has 0 aromatic heterocycles. The molecule has 2 heterocycles. The van der Waals surface area contributed by atoms with Crippen LogP contribution in [0.1, 0.15) is 41.7 Å². The lowest BCUT2D eigenvalue weighted by Gasteiger charge is -2.39. The molecule has 6 nitrogen and oxygen atoms in total. The second-order valence-corrected chi connectivity index (χ2v) is 12.9. The first-order valence-electron chi connectivity index (χ1n) is 16.0. The van der Waals surface area contributed by atoms with Gasteiger partial charge in [-0.1, -0.05) is 80.6 Å². The number of morpholine rings is 1. The largest absolute Gasteiger partial charge is 0.493 e. The summed E-state index contributed by atoms with van der Waals surface area (Å²) >= 11 is 0. The van der Waals surface area contributed by atoms with Crippen molar-refractivity contribution in [1.29, 1.82) is 0 Å². The van der Waals surface area contributed by atoms with Gasteiger partial charge >= 0.3 is 0 Å². The number of rotatable bonds is 5. The van der Waals surface area contributed by atoms with Crippen molar-refractivity contribution in [2.75, 3.05) is 45.4 Å². The van der Waals surface area contributed by atoms with Gasteiger partial charge in [-0.05, 0) is 58.0 Å². The summed E-state index contributed by atoms with van der Waals surface area (Å²) in [5.74, 6) is 2.10. The van der Waals surface area contributed by atoms with Crippen molar-refractivity contribution in [3.05, 3.63) is 130 Å². The van der Waals surface area contributed by atoms with E-state index in [2.05, 4.69) is 96.4 Å². The summed E-state index contributed by atoms with van der Waals surface area (Å²) < 4.78 is 24.7. The molecule has 0 saturated carbocycles. The summed E-state index contributed by atoms with van der Waals surface area (Å²) in [6, 6.07) is 29.4. The van der Waals surface area contributed by atoms with Gasteiger partial charge in [-0.3, -0.25) is 0 Å². The van der Waals surface area contributed by atoms with E-state index in [0.29, 0.717) is 17.2 Å². The molecule has 6 heteroatoms. The van der Waals surface area contributed by atoms with E-state index in [-0.39, 0.29) is 5.41 Å². The van der Waals surface area contributed by atoms with Crippen LogP contribution in [0.25, 0.3) is 32.8 Å². The third kappa shape index (κ3) is 4.34. The zero-order valence-electron chi connectivity index (χ0n) is 27.1. The fraction of sp³-hybridized carbons (Fsp3) is 0.244. The highest BCUT2D eigenvalue weighted by Crippen LogP contribution is 2.59. The van der Waals surface area contributed by atoms with E-state index < -0.39 is 5.60 Å². The molecule has 0 amide bonds. The second-order valence-electron chi connectivity index (χ2n) is 12.9. The SMILES string of the molecule is [C-]#[N+]c1ccc2c(c1)C(C)(C)c1c3c(c4cc(OC)c(OC)cc4c1-2)OC(c1ccccc1)(c1ccc(N2CCOCC2)cc1)C=C3. The Morgan fingerprint density at radius 1 is 0.809 bits per heavy atom. The second kappa shape index (κ2) is 10.9. The van der Waals surface area contributed by atoms with Gasteiger partial charge in [0, 0.05) is 46.3 Å². The molecule has 1 aliphatic carbocycles. The molecule has 2 aliphatic heterocycles. The molecule has 0 spiro atoms. The van der Waals surface area contributed by atoms with E-state index >= 15 is 0 Å². The van der Waals surface area contributed by atoms with E-state index in [1.165, 1.54) is 11.3 Å². The minimum absolute atomic E-state index is 0.378. The Kier molecular flexibility index (Phi) is 6.78. The van der Waals surface area contributed by atoms with Gasteiger partial charge in [-0.2, -0.15) is 0 Å². The van der Waals surface area contributed by atoms with Crippen LogP contribution in [0, 0.1) is 6.57 Å². The number of hydrogen-bond acceptors (Lipinski definition) is 5. The van der Waals surface area contributed by atoms with Crippen LogP contribution < -0.4 is 19.1 Å². The molecule has 0 N–H and O–H groups in total. The van der Waals surface area contributed by atoms with Crippen LogP contribution in [0.4, 0.5) is 11.4 Å². The predicted octanol–water partition coefficient (Wildman–Crippen LogP) is 8.90. The average Bonchev–Trinajstić information content (AvgIpc) is 3.37. The number of nitrogens with zero attached hydrogens (tertiary/aromatic N) is 2. The molecule has 47 heavy (non-hydrogen) atoms. The van der Waals surface area contributed by atoms with Crippen LogP contribution in [0.2, 0.25) is 0 Å². The van der Waals surface area contributed by atoms with Crippen molar-refractivity contribution in [2.24, 2.45) is 0 Å². The fourth-order valence-corrected chi connectivity index (χ4v) is 7.77. The number of methoxy groups -OCH3 is 2. The quantitative estimate of drug-likeness (QED) is 0.184. The first kappa shape index (κ1) is 29.2. The van der Waals surface area contributed by atoms with E-state index in [4.69, 9.17) is 25.5 Å². The standard InChI is InChI=1S/C41H36N2O4/c1-40(2)34-23-28(42-3)13-16-30(34)37-32-24-35(44-4)36(45-5)25-33(32)39-31(38(37)40)17-18-41(47-39,26-9-7-6-8-10-26)27-11-14-29(15-12-27)43-19-21-46-22-20-43/h6-18,23-25H,19-22H2,1-2,4-5H3. The Balaban J connectivity index is 1.39. The third-order valence-corrected chi connectivity index (χ3v) is 10.1. The topological polar surface area (TPSA) is 44.5 Å². The van der Waals surface area contributed by atoms with Gasteiger partial charge in [0.15, 0.2) is 22.8 Å². The zero-order valence-corrected chi connectivity index (χ0v) is 27.1. The van der Waals surface area contributed by atoms with Crippen LogP contribution in [0.5, 0.6) is 17.2 Å². The smallest absolute Gasteiger partial charge is 0.187 e. The highest BCUT2D eigenvalue weighted by molar-refractivity contribution is 6.09. The number of ether oxygens (including phenoxy) is 4. The van der Waals surface area contributed by atoms with Crippen LogP contribution in [0.3, 0.4) is 0 Å². The van der Waals surface area contributed by atoms with Gasteiger partial charge in [-0.25, -0.2) is 4.85 Å². The van der Waals surface area contributed by atoms with Gasteiger partial charge in [0.05, 0.1) is 34.0 Å². The third-order valence-electron chi connectivity index (χ3n) is 10.1. The van der Waals surface area contributed by atoms with Gasteiger partial charge in [-0.15, -0.1) is 0 Å². The summed E-state index contributed by atoms with van der Waals surface area (Å²) in [5.41, 5.74) is 8.28. The first-order chi connectivity index (χ1) is 22.9. The lowest BCUT2D eigenvalue weighted by atomic mass is 9.76. The van der Waals surface area contributed by atoms with E-state index in [9.17, 15) is 0 Å². The van der Waals surface area contributed by atoms with Gasteiger partial charge < -0.3 is 23.8 Å². The molecule has 234 valence electrons. The van der Waals surface area contributed by atoms with Crippen LogP contribution in [-0.4, -0.2) is 40.5 Å². The Morgan fingerprint density at radius 3 is 2.17 bits per heavy atom. The summed E-state index contributed by atoms with van der Waals surface area (Å²) in [6.07, 6.45) is 4.46. The van der Waals surface area contributed by atoms with Gasteiger partial charge in [0.1, 0.15) is 5.75 Å². The number of anilines is 1. The normalized spacial score (nSPS) is 18.9. The van der Waals surface area contributed by atoms with Crippen molar-refractivity contribution >= 4 is 28.2 Å². The number of benzene rings is 5. The minimum atomic E-state index is -0.876. The first-order valence-corrected chi connectivity index (χ1v) is 16.0. The van der Waals surface area contributed by atoms with Crippen LogP contribution in [0.15, 0.2) is 91.0 Å². The van der Waals surface area contributed by atoms with Gasteiger partial charge in [0.2, 0.25) is 0 Å². The average molecular weight is 621 g/mol. The number of fused-ring (bicyclic) bond motifs is 8. The fourth-order valence-electron chi connectivity index (χ4n) is 7.77. The van der Waals surface area contributed by atoms with Gasteiger partial charge in [0.25, 0.3) is 0 Å². The van der Waals surface area contributed by atoms with E-state index in [1.807, 2.05) is 24.3 Å². The molecule has 1 unspecified atom stereocenters. The molecule has 0 radical (unpaired) electrons. The molecule has 0 bridgehead atoms. The molecule has 1 fully saturated rings. The summed E-state index contributed by atoms with van der Waals surface area (Å²) in [7, 11) is 3.33. The van der Waals surface area contributed by atoms with Crippen molar-refractivity contribution in [2.45, 2.75) is 24.9 Å². The lowest BCUT2D eigenvalue weighted by Crippen LogP contribution is -2.37. The minimum Gasteiger partial charge on any atom is -0.493 e. The Hall–Kier alpha value is -5.25.